The molecule has 1 saturated heterocycles. The number of aromatic carboxylic acids is 1. The number of benzene rings is 1. The molecule has 0 saturated carbocycles. The maximum Gasteiger partial charge on any atom is 0.335 e. The van der Waals surface area contributed by atoms with Crippen LogP contribution in [0.5, 0.6) is 0 Å². The minimum Gasteiger partial charge on any atom is -0.478 e. The van der Waals surface area contributed by atoms with E-state index in [4.69, 9.17) is 10.8 Å². The summed E-state index contributed by atoms with van der Waals surface area (Å²) in [4.78, 5) is 11.0. The maximum atomic E-state index is 12.6. The van der Waals surface area contributed by atoms with Crippen LogP contribution in [0.2, 0.25) is 0 Å². The van der Waals surface area contributed by atoms with Gasteiger partial charge in [-0.3, -0.25) is 0 Å². The predicted molar refractivity (Wildman–Crippen MR) is 77.2 cm³/mol. The van der Waals surface area contributed by atoms with Gasteiger partial charge in [-0.25, -0.2) is 13.2 Å². The molecule has 6 nitrogen and oxygen atoms in total. The van der Waals surface area contributed by atoms with E-state index in [9.17, 15) is 13.2 Å². The monoisotopic (exact) mass is 362 g/mol. The number of rotatable bonds is 3. The average molecular weight is 363 g/mol. The summed E-state index contributed by atoms with van der Waals surface area (Å²) in [6.45, 7) is 2.27. The molecular weight excluding hydrogens is 348 g/mol. The predicted octanol–water partition coefficient (Wildman–Crippen LogP) is 1.18. The topological polar surface area (TPSA) is 101 Å². The van der Waals surface area contributed by atoms with Gasteiger partial charge >= 0.3 is 5.97 Å². The number of hydrogen-bond acceptors (Lipinski definition) is 4. The summed E-state index contributed by atoms with van der Waals surface area (Å²) in [7, 11) is -3.74. The summed E-state index contributed by atoms with van der Waals surface area (Å²) < 4.78 is 26.8. The third-order valence-electron chi connectivity index (χ3n) is 3.27. The third kappa shape index (κ3) is 2.73. The fourth-order valence-corrected chi connectivity index (χ4v) is 4.68. The van der Waals surface area contributed by atoms with E-state index in [-0.39, 0.29) is 23.0 Å². The molecule has 0 aromatic heterocycles. The highest BCUT2D eigenvalue weighted by Gasteiger charge is 2.33. The second kappa shape index (κ2) is 5.44. The number of halogens is 1. The fourth-order valence-electron chi connectivity index (χ4n) is 2.16. The number of carboxylic acid groups (broad SMARTS) is 1. The molecule has 0 aliphatic carbocycles. The molecule has 8 heteroatoms. The molecule has 1 aliphatic rings. The van der Waals surface area contributed by atoms with Crippen molar-refractivity contribution in [1.29, 1.82) is 0 Å². The summed E-state index contributed by atoms with van der Waals surface area (Å²) in [5, 5.41) is 9.05. The number of hydrogen-bond donors (Lipinski definition) is 2. The molecule has 0 bridgehead atoms. The van der Waals surface area contributed by atoms with Gasteiger partial charge in [-0.1, -0.05) is 0 Å². The van der Waals surface area contributed by atoms with Crippen LogP contribution in [-0.4, -0.2) is 42.9 Å². The Morgan fingerprint density at radius 1 is 1.50 bits per heavy atom. The van der Waals surface area contributed by atoms with Crippen LogP contribution in [0.25, 0.3) is 0 Å². The van der Waals surface area contributed by atoms with Crippen LogP contribution in [0.15, 0.2) is 21.5 Å². The van der Waals surface area contributed by atoms with Crippen molar-refractivity contribution in [3.8, 4) is 0 Å². The van der Waals surface area contributed by atoms with Gasteiger partial charge in [-0.05, 0) is 47.0 Å². The summed E-state index contributed by atoms with van der Waals surface area (Å²) in [5.74, 6) is -1.16. The summed E-state index contributed by atoms with van der Waals surface area (Å²) in [5.41, 5.74) is 6.25. The molecular formula is C12H15BrN2O4S. The highest BCUT2D eigenvalue weighted by atomic mass is 79.9. The van der Waals surface area contributed by atoms with Crippen LogP contribution in [0.3, 0.4) is 0 Å². The van der Waals surface area contributed by atoms with Crippen LogP contribution in [0.4, 0.5) is 0 Å². The van der Waals surface area contributed by atoms with Crippen LogP contribution in [0.1, 0.15) is 22.3 Å². The molecule has 1 atom stereocenters. The second-order valence-electron chi connectivity index (χ2n) is 4.82. The Morgan fingerprint density at radius 2 is 2.15 bits per heavy atom. The number of carbonyl (C=O) groups is 1. The Hall–Kier alpha value is -0.960. The Morgan fingerprint density at radius 3 is 2.65 bits per heavy atom. The average Bonchev–Trinajstić information content (AvgIpc) is 2.79. The highest BCUT2D eigenvalue weighted by molar-refractivity contribution is 9.10. The van der Waals surface area contributed by atoms with Crippen molar-refractivity contribution in [2.75, 3.05) is 13.1 Å². The first-order chi connectivity index (χ1) is 9.23. The molecule has 20 heavy (non-hydrogen) atoms. The lowest BCUT2D eigenvalue weighted by atomic mass is 10.1. The molecule has 1 aromatic carbocycles. The van der Waals surface area contributed by atoms with Crippen molar-refractivity contribution >= 4 is 31.9 Å². The Kier molecular flexibility index (Phi) is 4.19. The number of nitrogens with zero attached hydrogens (tertiary/aromatic N) is 1. The maximum absolute atomic E-state index is 12.6. The van der Waals surface area contributed by atoms with Crippen LogP contribution >= 0.6 is 15.9 Å². The minimum absolute atomic E-state index is 0.0241. The largest absolute Gasteiger partial charge is 0.478 e. The van der Waals surface area contributed by atoms with Gasteiger partial charge in [0.05, 0.1) is 10.5 Å². The van der Waals surface area contributed by atoms with Gasteiger partial charge in [0.2, 0.25) is 10.0 Å². The lowest BCUT2D eigenvalue weighted by Crippen LogP contribution is -2.32. The fraction of sp³-hybridized carbons (Fsp3) is 0.417. The van der Waals surface area contributed by atoms with Crippen LogP contribution < -0.4 is 5.73 Å². The molecule has 1 heterocycles. The van der Waals surface area contributed by atoms with Crippen molar-refractivity contribution in [2.24, 2.45) is 5.73 Å². The number of nitrogens with two attached hydrogens (primary N) is 1. The zero-order valence-electron chi connectivity index (χ0n) is 10.8. The SMILES string of the molecule is Cc1cc(C(=O)O)cc(S(=O)(=O)N2CCC(N)C2)c1Br. The molecule has 3 N–H and O–H groups in total. The molecule has 0 radical (unpaired) electrons. The van der Waals surface area contributed by atoms with Crippen LogP contribution in [-0.2, 0) is 10.0 Å². The number of carboxylic acids is 1. The van der Waals surface area contributed by atoms with Gasteiger partial charge < -0.3 is 10.8 Å². The van der Waals surface area contributed by atoms with E-state index >= 15 is 0 Å². The quantitative estimate of drug-likeness (QED) is 0.840. The first kappa shape index (κ1) is 15.4. The van der Waals surface area contributed by atoms with Crippen molar-refractivity contribution in [3.63, 3.8) is 0 Å². The Balaban J connectivity index is 2.54. The van der Waals surface area contributed by atoms with E-state index < -0.39 is 16.0 Å². The Labute approximate surface area is 125 Å². The zero-order chi connectivity index (χ0) is 15.1. The van der Waals surface area contributed by atoms with Gasteiger partial charge in [0, 0.05) is 23.6 Å². The standard InChI is InChI=1S/C12H15BrN2O4S/c1-7-4-8(12(16)17)5-10(11(7)13)20(18,19)15-3-2-9(14)6-15/h4-5,9H,2-3,6,14H2,1H3,(H,16,17). The van der Waals surface area contributed by atoms with Crippen LogP contribution in [0, 0.1) is 6.92 Å². The molecule has 0 amide bonds. The normalized spacial score (nSPS) is 20.2. The van der Waals surface area contributed by atoms with E-state index in [0.717, 1.165) is 0 Å². The van der Waals surface area contributed by atoms with Gasteiger partial charge in [-0.15, -0.1) is 0 Å². The van der Waals surface area contributed by atoms with E-state index in [1.54, 1.807) is 6.92 Å². The highest BCUT2D eigenvalue weighted by Crippen LogP contribution is 2.31. The van der Waals surface area contributed by atoms with Crippen molar-refractivity contribution in [1.82, 2.24) is 4.31 Å². The molecule has 1 aliphatic heterocycles. The zero-order valence-corrected chi connectivity index (χ0v) is 13.2. The molecule has 1 fully saturated rings. The van der Waals surface area contributed by atoms with Gasteiger partial charge in [0.15, 0.2) is 0 Å². The minimum atomic E-state index is -3.74. The van der Waals surface area contributed by atoms with E-state index in [1.807, 2.05) is 0 Å². The van der Waals surface area contributed by atoms with Gasteiger partial charge in [0.1, 0.15) is 0 Å². The third-order valence-corrected chi connectivity index (χ3v) is 6.48. The van der Waals surface area contributed by atoms with E-state index in [2.05, 4.69) is 15.9 Å². The van der Waals surface area contributed by atoms with Crippen molar-refractivity contribution in [3.05, 3.63) is 27.7 Å². The number of sulfonamides is 1. The second-order valence-corrected chi connectivity index (χ2v) is 7.52. The summed E-state index contributed by atoms with van der Waals surface area (Å²) in [6.07, 6.45) is 0.606. The first-order valence-corrected chi connectivity index (χ1v) is 8.26. The van der Waals surface area contributed by atoms with Crippen molar-refractivity contribution in [2.45, 2.75) is 24.3 Å². The van der Waals surface area contributed by atoms with Gasteiger partial charge in [0.25, 0.3) is 0 Å². The smallest absolute Gasteiger partial charge is 0.335 e. The molecule has 1 unspecified atom stereocenters. The molecule has 0 spiro atoms. The number of aryl methyl sites for hydroxylation is 1. The summed E-state index contributed by atoms with van der Waals surface area (Å²) >= 11 is 3.23. The Bertz CT molecular complexity index is 660. The van der Waals surface area contributed by atoms with Gasteiger partial charge in [-0.2, -0.15) is 4.31 Å². The lowest BCUT2D eigenvalue weighted by Gasteiger charge is -2.18. The van der Waals surface area contributed by atoms with Crippen molar-refractivity contribution < 1.29 is 18.3 Å². The molecule has 2 rings (SSSR count). The lowest BCUT2D eigenvalue weighted by molar-refractivity contribution is 0.0696. The summed E-state index contributed by atoms with van der Waals surface area (Å²) in [6, 6.07) is 2.44. The molecule has 1 aromatic rings. The van der Waals surface area contributed by atoms with E-state index in [1.165, 1.54) is 16.4 Å². The van der Waals surface area contributed by atoms with E-state index in [0.29, 0.717) is 23.0 Å². The molecule has 110 valence electrons. The first-order valence-electron chi connectivity index (χ1n) is 6.02.